The summed E-state index contributed by atoms with van der Waals surface area (Å²) in [4.78, 5) is 11.1. The van der Waals surface area contributed by atoms with Crippen molar-refractivity contribution in [2.24, 2.45) is 11.1 Å². The van der Waals surface area contributed by atoms with Gasteiger partial charge in [0.25, 0.3) is 0 Å². The van der Waals surface area contributed by atoms with Gasteiger partial charge in [0.15, 0.2) is 5.82 Å². The van der Waals surface area contributed by atoms with Crippen LogP contribution < -0.4 is 26.6 Å². The summed E-state index contributed by atoms with van der Waals surface area (Å²) in [6, 6.07) is 13.6. The van der Waals surface area contributed by atoms with E-state index in [2.05, 4.69) is 25.5 Å². The molecule has 1 saturated heterocycles. The second-order valence-electron chi connectivity index (χ2n) is 9.70. The van der Waals surface area contributed by atoms with Crippen molar-refractivity contribution < 1.29 is 4.57 Å². The maximum atomic E-state index is 12.7. The molecule has 1 aromatic heterocycles. The predicted molar refractivity (Wildman–Crippen MR) is 142 cm³/mol. The van der Waals surface area contributed by atoms with Gasteiger partial charge in [-0.2, -0.15) is 4.98 Å². The standard InChI is InChI=1S/C24H27Cl2N6OP/c1-34(2,33)21-6-4-3-5-19(21)30-22-18(26)12-28-23(31-22)29-16-7-8-20(17(25)9-16)32-13-24(14-32)10-15(27)11-24/h3-9,12,15H,10-11,13-14,27H2,1-2H3,(H2,28,29,30,31). The number of hydrogen-bond acceptors (Lipinski definition) is 7. The van der Waals surface area contributed by atoms with Gasteiger partial charge in [0, 0.05) is 35.5 Å². The summed E-state index contributed by atoms with van der Waals surface area (Å²) in [6.45, 7) is 5.48. The predicted octanol–water partition coefficient (Wildman–Crippen LogP) is 5.45. The number of nitrogens with one attached hydrogen (secondary N) is 2. The number of nitrogens with zero attached hydrogens (tertiary/aromatic N) is 3. The highest BCUT2D eigenvalue weighted by Crippen LogP contribution is 2.50. The first-order valence-electron chi connectivity index (χ1n) is 11.1. The molecule has 0 atom stereocenters. The lowest BCUT2D eigenvalue weighted by Crippen LogP contribution is -2.65. The second-order valence-corrected chi connectivity index (χ2v) is 13.7. The molecule has 5 rings (SSSR count). The quantitative estimate of drug-likeness (QED) is 0.375. The Labute approximate surface area is 209 Å². The summed E-state index contributed by atoms with van der Waals surface area (Å²) in [5.74, 6) is 0.795. The van der Waals surface area contributed by atoms with Gasteiger partial charge in [-0.15, -0.1) is 0 Å². The van der Waals surface area contributed by atoms with Crippen LogP contribution in [0.25, 0.3) is 0 Å². The van der Waals surface area contributed by atoms with Gasteiger partial charge in [-0.1, -0.05) is 35.3 Å². The molecule has 1 saturated carbocycles. The maximum Gasteiger partial charge on any atom is 0.229 e. The molecule has 34 heavy (non-hydrogen) atoms. The Hall–Kier alpha value is -2.31. The summed E-state index contributed by atoms with van der Waals surface area (Å²) in [6.07, 6.45) is 3.73. The number of nitrogens with two attached hydrogens (primary N) is 1. The molecule has 4 N–H and O–H groups in total. The third-order valence-corrected chi connectivity index (χ3v) is 8.60. The van der Waals surface area contributed by atoms with E-state index in [0.717, 1.165) is 42.6 Å². The van der Waals surface area contributed by atoms with Gasteiger partial charge in [0.05, 0.1) is 22.6 Å². The fourth-order valence-corrected chi connectivity index (χ4v) is 6.50. The van der Waals surface area contributed by atoms with E-state index in [4.69, 9.17) is 28.9 Å². The molecule has 2 aromatic carbocycles. The van der Waals surface area contributed by atoms with Crippen molar-refractivity contribution in [1.29, 1.82) is 0 Å². The van der Waals surface area contributed by atoms with Crippen LogP contribution in [0.2, 0.25) is 10.0 Å². The zero-order valence-electron chi connectivity index (χ0n) is 19.1. The van der Waals surface area contributed by atoms with Crippen LogP contribution in [0.1, 0.15) is 12.8 Å². The number of benzene rings is 2. The average molecular weight is 517 g/mol. The van der Waals surface area contributed by atoms with Crippen molar-refractivity contribution in [2.75, 3.05) is 42.0 Å². The minimum atomic E-state index is -2.49. The van der Waals surface area contributed by atoms with E-state index < -0.39 is 7.14 Å². The number of hydrogen-bond donors (Lipinski definition) is 3. The van der Waals surface area contributed by atoms with Gasteiger partial charge >= 0.3 is 0 Å². The summed E-state index contributed by atoms with van der Waals surface area (Å²) < 4.78 is 12.7. The van der Waals surface area contributed by atoms with E-state index >= 15 is 0 Å². The van der Waals surface area contributed by atoms with Crippen LogP contribution >= 0.6 is 30.3 Å². The van der Waals surface area contributed by atoms with Crippen LogP contribution in [0.5, 0.6) is 0 Å². The number of para-hydroxylation sites is 1. The van der Waals surface area contributed by atoms with Gasteiger partial charge < -0.3 is 25.8 Å². The first-order valence-corrected chi connectivity index (χ1v) is 14.5. The molecule has 2 heterocycles. The Morgan fingerprint density at radius 2 is 1.82 bits per heavy atom. The fourth-order valence-electron chi connectivity index (χ4n) is 4.91. The minimum absolute atomic E-state index is 0.352. The number of aromatic nitrogens is 2. The molecule has 1 spiro atoms. The Bertz CT molecular complexity index is 1280. The van der Waals surface area contributed by atoms with Crippen LogP contribution in [0.3, 0.4) is 0 Å². The topological polar surface area (TPSA) is 96.2 Å². The zero-order chi connectivity index (χ0) is 24.1. The third-order valence-electron chi connectivity index (χ3n) is 6.47. The summed E-state index contributed by atoms with van der Waals surface area (Å²) in [7, 11) is -2.49. The molecule has 0 bridgehead atoms. The first kappa shape index (κ1) is 23.4. The highest BCUT2D eigenvalue weighted by molar-refractivity contribution is 7.70. The maximum absolute atomic E-state index is 12.7. The lowest BCUT2D eigenvalue weighted by atomic mass is 9.61. The highest BCUT2D eigenvalue weighted by Gasteiger charge is 2.51. The zero-order valence-corrected chi connectivity index (χ0v) is 21.5. The van der Waals surface area contributed by atoms with Crippen LogP contribution in [0.4, 0.5) is 28.8 Å². The summed E-state index contributed by atoms with van der Waals surface area (Å²) >= 11 is 13.0. The second kappa shape index (κ2) is 8.72. The van der Waals surface area contributed by atoms with Crippen molar-refractivity contribution in [3.63, 3.8) is 0 Å². The number of rotatable bonds is 6. The van der Waals surface area contributed by atoms with Gasteiger partial charge in [0.1, 0.15) is 12.2 Å². The van der Waals surface area contributed by atoms with E-state index in [1.807, 2.05) is 42.5 Å². The minimum Gasteiger partial charge on any atom is -0.369 e. The number of halogens is 2. The smallest absolute Gasteiger partial charge is 0.229 e. The molecule has 2 fully saturated rings. The van der Waals surface area contributed by atoms with Crippen molar-refractivity contribution in [1.82, 2.24) is 9.97 Å². The van der Waals surface area contributed by atoms with Crippen molar-refractivity contribution in [3.8, 4) is 0 Å². The molecule has 178 valence electrons. The number of anilines is 5. The summed E-state index contributed by atoms with van der Waals surface area (Å²) in [5, 5.41) is 8.17. The SMILES string of the molecule is CP(C)(=O)c1ccccc1Nc1nc(Nc2ccc(N3CC4(CC(N)C4)C3)c(Cl)c2)ncc1Cl. The average Bonchev–Trinajstić information content (AvgIpc) is 2.72. The molecule has 3 aromatic rings. The van der Waals surface area contributed by atoms with Crippen LogP contribution in [0, 0.1) is 5.41 Å². The Morgan fingerprint density at radius 3 is 2.50 bits per heavy atom. The van der Waals surface area contributed by atoms with Gasteiger partial charge in [-0.05, 0) is 56.5 Å². The van der Waals surface area contributed by atoms with Crippen molar-refractivity contribution >= 4 is 64.5 Å². The van der Waals surface area contributed by atoms with Crippen molar-refractivity contribution in [2.45, 2.75) is 18.9 Å². The lowest BCUT2D eigenvalue weighted by molar-refractivity contribution is 0.0665. The molecule has 7 nitrogen and oxygen atoms in total. The molecule has 0 unspecified atom stereocenters. The molecular weight excluding hydrogens is 490 g/mol. The molecule has 10 heteroatoms. The van der Waals surface area contributed by atoms with Crippen LogP contribution in [0.15, 0.2) is 48.7 Å². The van der Waals surface area contributed by atoms with Gasteiger partial charge in [-0.25, -0.2) is 4.98 Å². The molecule has 1 aliphatic heterocycles. The first-order chi connectivity index (χ1) is 16.1. The van der Waals surface area contributed by atoms with Crippen LogP contribution in [-0.2, 0) is 4.57 Å². The van der Waals surface area contributed by atoms with E-state index in [1.165, 1.54) is 6.20 Å². The molecule has 2 aliphatic rings. The molecule has 0 amide bonds. The molecule has 1 aliphatic carbocycles. The monoisotopic (exact) mass is 516 g/mol. The fraction of sp³-hybridized carbons (Fsp3) is 0.333. The van der Waals surface area contributed by atoms with Crippen LogP contribution in [-0.4, -0.2) is 42.4 Å². The lowest BCUT2D eigenvalue weighted by Gasteiger charge is -2.59. The van der Waals surface area contributed by atoms with E-state index in [0.29, 0.717) is 39.0 Å². The van der Waals surface area contributed by atoms with E-state index in [9.17, 15) is 4.57 Å². The third kappa shape index (κ3) is 4.63. The summed E-state index contributed by atoms with van der Waals surface area (Å²) in [5.41, 5.74) is 8.86. The van der Waals surface area contributed by atoms with Gasteiger partial charge in [-0.3, -0.25) is 0 Å². The Kier molecular flexibility index (Phi) is 6.01. The van der Waals surface area contributed by atoms with Crippen molar-refractivity contribution in [3.05, 3.63) is 58.7 Å². The highest BCUT2D eigenvalue weighted by atomic mass is 35.5. The van der Waals surface area contributed by atoms with E-state index in [-0.39, 0.29) is 0 Å². The largest absolute Gasteiger partial charge is 0.369 e. The molecular formula is C24H27Cl2N6OP. The Morgan fingerprint density at radius 1 is 1.09 bits per heavy atom. The molecule has 0 radical (unpaired) electrons. The van der Waals surface area contributed by atoms with E-state index in [1.54, 1.807) is 13.3 Å². The Balaban J connectivity index is 1.31. The van der Waals surface area contributed by atoms with Gasteiger partial charge in [0.2, 0.25) is 5.95 Å². The normalized spacial score (nSPS) is 17.3.